The van der Waals surface area contributed by atoms with Crippen molar-refractivity contribution in [1.82, 2.24) is 9.97 Å². The summed E-state index contributed by atoms with van der Waals surface area (Å²) < 4.78 is 5.01. The topological polar surface area (TPSA) is 47.0 Å². The Morgan fingerprint density at radius 3 is 2.82 bits per heavy atom. The SMILES string of the molecule is CCC1(CNc2cc(Cl)nc(COC)n2)CC1. The molecule has 5 heteroatoms. The normalized spacial score (nSPS) is 16.9. The minimum absolute atomic E-state index is 0.383. The largest absolute Gasteiger partial charge is 0.377 e. The first kappa shape index (κ1) is 12.6. The molecule has 0 unspecified atom stereocenters. The monoisotopic (exact) mass is 255 g/mol. The Morgan fingerprint density at radius 2 is 2.24 bits per heavy atom. The van der Waals surface area contributed by atoms with Crippen LogP contribution in [-0.2, 0) is 11.3 Å². The summed E-state index contributed by atoms with van der Waals surface area (Å²) in [6, 6.07) is 1.76. The quantitative estimate of drug-likeness (QED) is 0.794. The van der Waals surface area contributed by atoms with Crippen molar-refractivity contribution in [3.63, 3.8) is 0 Å². The highest BCUT2D eigenvalue weighted by atomic mass is 35.5. The number of nitrogens with zero attached hydrogens (tertiary/aromatic N) is 2. The summed E-state index contributed by atoms with van der Waals surface area (Å²) in [5.41, 5.74) is 0.485. The Labute approximate surface area is 107 Å². The van der Waals surface area contributed by atoms with Crippen LogP contribution in [0.25, 0.3) is 0 Å². The minimum Gasteiger partial charge on any atom is -0.377 e. The number of methoxy groups -OCH3 is 1. The van der Waals surface area contributed by atoms with Gasteiger partial charge in [-0.05, 0) is 24.7 Å². The highest BCUT2D eigenvalue weighted by Crippen LogP contribution is 2.48. The Kier molecular flexibility index (Phi) is 3.84. The van der Waals surface area contributed by atoms with Crippen LogP contribution in [0.4, 0.5) is 5.82 Å². The average Bonchev–Trinajstić information content (AvgIpc) is 3.07. The van der Waals surface area contributed by atoms with E-state index in [0.717, 1.165) is 12.4 Å². The van der Waals surface area contributed by atoms with E-state index in [4.69, 9.17) is 16.3 Å². The molecule has 1 N–H and O–H groups in total. The van der Waals surface area contributed by atoms with Crippen molar-refractivity contribution in [1.29, 1.82) is 0 Å². The summed E-state index contributed by atoms with van der Waals surface area (Å²) in [4.78, 5) is 8.45. The fraction of sp³-hybridized carbons (Fsp3) is 0.667. The number of halogens is 1. The van der Waals surface area contributed by atoms with Crippen LogP contribution < -0.4 is 5.32 Å². The zero-order chi connectivity index (χ0) is 12.3. The summed E-state index contributed by atoms with van der Waals surface area (Å²) in [5, 5.41) is 3.80. The van der Waals surface area contributed by atoms with E-state index in [1.54, 1.807) is 13.2 Å². The van der Waals surface area contributed by atoms with Gasteiger partial charge in [0, 0.05) is 19.7 Å². The van der Waals surface area contributed by atoms with Crippen LogP contribution in [0.15, 0.2) is 6.07 Å². The molecule has 17 heavy (non-hydrogen) atoms. The van der Waals surface area contributed by atoms with Crippen LogP contribution in [0.3, 0.4) is 0 Å². The molecule has 4 nitrogen and oxygen atoms in total. The number of hydrogen-bond donors (Lipinski definition) is 1. The molecule has 94 valence electrons. The van der Waals surface area contributed by atoms with Gasteiger partial charge in [0.1, 0.15) is 17.6 Å². The zero-order valence-corrected chi connectivity index (χ0v) is 11.0. The van der Waals surface area contributed by atoms with Crippen molar-refractivity contribution in [3.05, 3.63) is 17.0 Å². The lowest BCUT2D eigenvalue weighted by Crippen LogP contribution is -2.15. The summed E-state index contributed by atoms with van der Waals surface area (Å²) in [5.74, 6) is 1.40. The van der Waals surface area contributed by atoms with Gasteiger partial charge in [-0.2, -0.15) is 0 Å². The lowest BCUT2D eigenvalue weighted by molar-refractivity contribution is 0.178. The number of anilines is 1. The van der Waals surface area contributed by atoms with Gasteiger partial charge in [0.05, 0.1) is 0 Å². The lowest BCUT2D eigenvalue weighted by atomic mass is 10.0. The number of aromatic nitrogens is 2. The maximum atomic E-state index is 5.94. The second-order valence-electron chi connectivity index (χ2n) is 4.63. The first-order valence-corrected chi connectivity index (χ1v) is 6.31. The number of nitrogens with one attached hydrogen (secondary N) is 1. The smallest absolute Gasteiger partial charge is 0.158 e. The maximum absolute atomic E-state index is 5.94. The van der Waals surface area contributed by atoms with Crippen molar-refractivity contribution in [2.75, 3.05) is 19.0 Å². The molecule has 1 aromatic heterocycles. The van der Waals surface area contributed by atoms with Crippen molar-refractivity contribution in [2.24, 2.45) is 5.41 Å². The molecule has 0 spiro atoms. The molecule has 0 saturated heterocycles. The third-order valence-corrected chi connectivity index (χ3v) is 3.56. The molecule has 0 atom stereocenters. The van der Waals surface area contributed by atoms with Gasteiger partial charge in [0.25, 0.3) is 0 Å². The van der Waals surface area contributed by atoms with Gasteiger partial charge in [-0.25, -0.2) is 9.97 Å². The summed E-state index contributed by atoms with van der Waals surface area (Å²) in [7, 11) is 1.62. The van der Waals surface area contributed by atoms with Crippen LogP contribution in [0.1, 0.15) is 32.0 Å². The standard InChI is InChI=1S/C12H18ClN3O/c1-3-12(4-5-12)8-14-10-6-9(13)15-11(16-10)7-17-2/h6H,3-5,7-8H2,1-2H3,(H,14,15,16). The molecule has 1 aliphatic carbocycles. The lowest BCUT2D eigenvalue weighted by Gasteiger charge is -2.14. The fourth-order valence-corrected chi connectivity index (χ4v) is 2.06. The molecule has 0 bridgehead atoms. The molecule has 0 aromatic carbocycles. The summed E-state index contributed by atoms with van der Waals surface area (Å²) in [6.45, 7) is 3.58. The molecule has 1 aromatic rings. The number of ether oxygens (including phenoxy) is 1. The predicted molar refractivity (Wildman–Crippen MR) is 68.2 cm³/mol. The first-order chi connectivity index (χ1) is 8.17. The summed E-state index contributed by atoms with van der Waals surface area (Å²) >= 11 is 5.94. The van der Waals surface area contributed by atoms with Gasteiger partial charge in [-0.1, -0.05) is 18.5 Å². The average molecular weight is 256 g/mol. The molecule has 0 amide bonds. The Hall–Kier alpha value is -0.870. The van der Waals surface area contributed by atoms with Gasteiger partial charge in [0.2, 0.25) is 0 Å². The van der Waals surface area contributed by atoms with Gasteiger partial charge in [-0.3, -0.25) is 0 Å². The maximum Gasteiger partial charge on any atom is 0.158 e. The van der Waals surface area contributed by atoms with E-state index in [-0.39, 0.29) is 0 Å². The van der Waals surface area contributed by atoms with Crippen molar-refractivity contribution in [3.8, 4) is 0 Å². The molecule has 2 rings (SSSR count). The van der Waals surface area contributed by atoms with Gasteiger partial charge < -0.3 is 10.1 Å². The van der Waals surface area contributed by atoms with E-state index in [2.05, 4.69) is 22.2 Å². The van der Waals surface area contributed by atoms with Crippen LogP contribution in [0, 0.1) is 5.41 Å². The highest BCUT2D eigenvalue weighted by molar-refractivity contribution is 6.29. The van der Waals surface area contributed by atoms with Crippen LogP contribution >= 0.6 is 11.6 Å². The second-order valence-corrected chi connectivity index (χ2v) is 5.02. The number of hydrogen-bond acceptors (Lipinski definition) is 4. The Morgan fingerprint density at radius 1 is 1.47 bits per heavy atom. The van der Waals surface area contributed by atoms with E-state index in [1.165, 1.54) is 19.3 Å². The Bertz CT molecular complexity index is 393. The van der Waals surface area contributed by atoms with E-state index in [0.29, 0.717) is 23.0 Å². The second kappa shape index (κ2) is 5.19. The van der Waals surface area contributed by atoms with Gasteiger partial charge in [-0.15, -0.1) is 0 Å². The van der Waals surface area contributed by atoms with E-state index < -0.39 is 0 Å². The van der Waals surface area contributed by atoms with Gasteiger partial charge >= 0.3 is 0 Å². The van der Waals surface area contributed by atoms with Crippen LogP contribution in [0.5, 0.6) is 0 Å². The van der Waals surface area contributed by atoms with Crippen molar-refractivity contribution in [2.45, 2.75) is 32.8 Å². The van der Waals surface area contributed by atoms with Crippen molar-refractivity contribution < 1.29 is 4.74 Å². The Balaban J connectivity index is 2.00. The minimum atomic E-state index is 0.383. The molecular formula is C12H18ClN3O. The molecule has 1 heterocycles. The molecule has 1 aliphatic rings. The third-order valence-electron chi connectivity index (χ3n) is 3.37. The zero-order valence-electron chi connectivity index (χ0n) is 10.3. The van der Waals surface area contributed by atoms with Crippen LogP contribution in [-0.4, -0.2) is 23.6 Å². The van der Waals surface area contributed by atoms with Crippen LogP contribution in [0.2, 0.25) is 5.15 Å². The number of rotatable bonds is 6. The van der Waals surface area contributed by atoms with Gasteiger partial charge in [0.15, 0.2) is 5.82 Å². The molecule has 0 aliphatic heterocycles. The molecular weight excluding hydrogens is 238 g/mol. The third kappa shape index (κ3) is 3.30. The predicted octanol–water partition coefficient (Wildman–Crippen LogP) is 2.88. The fourth-order valence-electron chi connectivity index (χ4n) is 1.86. The first-order valence-electron chi connectivity index (χ1n) is 5.94. The van der Waals surface area contributed by atoms with E-state index in [9.17, 15) is 0 Å². The molecule has 1 saturated carbocycles. The van der Waals surface area contributed by atoms with E-state index in [1.807, 2.05) is 0 Å². The van der Waals surface area contributed by atoms with E-state index >= 15 is 0 Å². The summed E-state index contributed by atoms with van der Waals surface area (Å²) in [6.07, 6.45) is 3.82. The molecule has 0 radical (unpaired) electrons. The molecule has 1 fully saturated rings. The van der Waals surface area contributed by atoms with Crippen molar-refractivity contribution >= 4 is 17.4 Å². The highest BCUT2D eigenvalue weighted by Gasteiger charge is 2.40.